The van der Waals surface area contributed by atoms with Gasteiger partial charge in [0.15, 0.2) is 0 Å². The molecule has 1 aliphatic heterocycles. The summed E-state index contributed by atoms with van der Waals surface area (Å²) in [5.41, 5.74) is 3.06. The number of nitrogens with zero attached hydrogens (tertiary/aromatic N) is 4. The number of hydrogen-bond donors (Lipinski definition) is 1. The van der Waals surface area contributed by atoms with E-state index in [1.54, 1.807) is 0 Å². The summed E-state index contributed by atoms with van der Waals surface area (Å²) >= 11 is 0. The molecular formula is C17H25N5. The molecule has 0 bridgehead atoms. The maximum absolute atomic E-state index is 4.60. The highest BCUT2D eigenvalue weighted by atomic mass is 15.2. The summed E-state index contributed by atoms with van der Waals surface area (Å²) in [7, 11) is 0. The van der Waals surface area contributed by atoms with Gasteiger partial charge in [-0.3, -0.25) is 0 Å². The van der Waals surface area contributed by atoms with Gasteiger partial charge >= 0.3 is 0 Å². The second-order valence-electron chi connectivity index (χ2n) is 6.37. The lowest BCUT2D eigenvalue weighted by molar-refractivity contribution is 0.237. The van der Waals surface area contributed by atoms with Crippen LogP contribution in [0.25, 0.3) is 11.0 Å². The van der Waals surface area contributed by atoms with E-state index in [2.05, 4.69) is 51.4 Å². The van der Waals surface area contributed by atoms with Gasteiger partial charge in [-0.2, -0.15) is 0 Å². The largest absolute Gasteiger partial charge is 0.352 e. The third-order valence-corrected chi connectivity index (χ3v) is 4.30. The van der Waals surface area contributed by atoms with Gasteiger partial charge in [0.25, 0.3) is 0 Å². The van der Waals surface area contributed by atoms with Gasteiger partial charge in [-0.05, 0) is 49.5 Å². The second kappa shape index (κ2) is 7.01. The highest BCUT2D eigenvalue weighted by Gasteiger charge is 2.10. The van der Waals surface area contributed by atoms with Gasteiger partial charge < -0.3 is 10.2 Å². The van der Waals surface area contributed by atoms with Crippen LogP contribution in [0.15, 0.2) is 18.2 Å². The number of nitrogens with one attached hydrogen (secondary N) is 1. The van der Waals surface area contributed by atoms with Crippen LogP contribution >= 0.6 is 0 Å². The standard InChI is InChI=1S/C17H25N5/c1-13(2)14-6-7-15-16(12-14)19-17(21-20-15)18-8-11-22-9-4-3-5-10-22/h6-7,12-13H,3-5,8-11H2,1-2H3,(H,18,19,21). The van der Waals surface area contributed by atoms with Crippen molar-refractivity contribution in [1.29, 1.82) is 0 Å². The number of aromatic nitrogens is 3. The van der Waals surface area contributed by atoms with Crippen molar-refractivity contribution in [3.8, 4) is 0 Å². The van der Waals surface area contributed by atoms with Crippen molar-refractivity contribution in [1.82, 2.24) is 20.1 Å². The average Bonchev–Trinajstić information content (AvgIpc) is 2.55. The van der Waals surface area contributed by atoms with Crippen LogP contribution in [-0.2, 0) is 0 Å². The van der Waals surface area contributed by atoms with E-state index in [-0.39, 0.29) is 0 Å². The molecule has 3 rings (SSSR count). The first-order valence-electron chi connectivity index (χ1n) is 8.33. The molecule has 1 aliphatic rings. The maximum Gasteiger partial charge on any atom is 0.243 e. The average molecular weight is 299 g/mol. The van der Waals surface area contributed by atoms with E-state index in [9.17, 15) is 0 Å². The van der Waals surface area contributed by atoms with E-state index in [1.807, 2.05) is 6.07 Å². The van der Waals surface area contributed by atoms with Crippen LogP contribution in [0.3, 0.4) is 0 Å². The van der Waals surface area contributed by atoms with E-state index in [0.717, 1.165) is 24.1 Å². The SMILES string of the molecule is CC(C)c1ccc2nnc(NCCN3CCCCC3)nc2c1. The number of anilines is 1. The lowest BCUT2D eigenvalue weighted by Gasteiger charge is -2.26. The Hall–Kier alpha value is -1.75. The van der Waals surface area contributed by atoms with Crippen LogP contribution in [-0.4, -0.2) is 46.3 Å². The molecule has 0 atom stereocenters. The first-order valence-corrected chi connectivity index (χ1v) is 8.33. The molecule has 5 nitrogen and oxygen atoms in total. The van der Waals surface area contributed by atoms with Crippen LogP contribution in [0.2, 0.25) is 0 Å². The number of fused-ring (bicyclic) bond motifs is 1. The molecule has 1 N–H and O–H groups in total. The highest BCUT2D eigenvalue weighted by molar-refractivity contribution is 5.75. The Morgan fingerprint density at radius 2 is 1.91 bits per heavy atom. The Morgan fingerprint density at radius 3 is 2.68 bits per heavy atom. The van der Waals surface area contributed by atoms with Gasteiger partial charge in [-0.15, -0.1) is 10.2 Å². The third kappa shape index (κ3) is 3.71. The Kier molecular flexibility index (Phi) is 4.83. The van der Waals surface area contributed by atoms with Crippen molar-refractivity contribution >= 4 is 17.0 Å². The van der Waals surface area contributed by atoms with Crippen molar-refractivity contribution in [2.24, 2.45) is 0 Å². The number of rotatable bonds is 5. The number of piperidine rings is 1. The Morgan fingerprint density at radius 1 is 1.09 bits per heavy atom. The zero-order valence-corrected chi connectivity index (χ0v) is 13.5. The van der Waals surface area contributed by atoms with E-state index in [4.69, 9.17) is 0 Å². The van der Waals surface area contributed by atoms with Crippen molar-refractivity contribution in [2.45, 2.75) is 39.0 Å². The molecule has 0 saturated carbocycles. The van der Waals surface area contributed by atoms with Gasteiger partial charge in [0.05, 0.1) is 5.52 Å². The third-order valence-electron chi connectivity index (χ3n) is 4.30. The first-order chi connectivity index (χ1) is 10.7. The normalized spacial score (nSPS) is 16.3. The summed E-state index contributed by atoms with van der Waals surface area (Å²) in [6, 6.07) is 6.22. The molecule has 2 heterocycles. The molecule has 1 aromatic heterocycles. The maximum atomic E-state index is 4.60. The molecule has 0 aliphatic carbocycles. The number of likely N-dealkylation sites (tertiary alicyclic amines) is 1. The number of hydrogen-bond acceptors (Lipinski definition) is 5. The minimum absolute atomic E-state index is 0.495. The molecular weight excluding hydrogens is 274 g/mol. The van der Waals surface area contributed by atoms with E-state index in [0.29, 0.717) is 11.9 Å². The number of benzene rings is 1. The van der Waals surface area contributed by atoms with Gasteiger partial charge in [-0.25, -0.2) is 4.98 Å². The fraction of sp³-hybridized carbons (Fsp3) is 0.588. The summed E-state index contributed by atoms with van der Waals surface area (Å²) < 4.78 is 0. The molecule has 1 aromatic carbocycles. The zero-order chi connectivity index (χ0) is 15.4. The van der Waals surface area contributed by atoms with E-state index < -0.39 is 0 Å². The van der Waals surface area contributed by atoms with Crippen molar-refractivity contribution < 1.29 is 0 Å². The highest BCUT2D eigenvalue weighted by Crippen LogP contribution is 2.19. The van der Waals surface area contributed by atoms with Crippen LogP contribution in [0.1, 0.15) is 44.6 Å². The van der Waals surface area contributed by atoms with Crippen molar-refractivity contribution in [2.75, 3.05) is 31.5 Å². The Labute approximate surface area is 132 Å². The predicted molar refractivity (Wildman–Crippen MR) is 90.2 cm³/mol. The fourth-order valence-corrected chi connectivity index (χ4v) is 2.90. The molecule has 0 unspecified atom stereocenters. The second-order valence-corrected chi connectivity index (χ2v) is 6.37. The molecule has 0 radical (unpaired) electrons. The van der Waals surface area contributed by atoms with Crippen LogP contribution in [0, 0.1) is 0 Å². The Bertz CT molecular complexity index is 619. The van der Waals surface area contributed by atoms with Crippen LogP contribution in [0.5, 0.6) is 0 Å². The summed E-state index contributed by atoms with van der Waals surface area (Å²) in [5, 5.41) is 11.7. The fourth-order valence-electron chi connectivity index (χ4n) is 2.90. The zero-order valence-electron chi connectivity index (χ0n) is 13.5. The summed E-state index contributed by atoms with van der Waals surface area (Å²) in [6.07, 6.45) is 4.03. The summed E-state index contributed by atoms with van der Waals surface area (Å²) in [4.78, 5) is 7.10. The summed E-state index contributed by atoms with van der Waals surface area (Å²) in [5.74, 6) is 1.13. The summed E-state index contributed by atoms with van der Waals surface area (Å²) in [6.45, 7) is 8.73. The minimum Gasteiger partial charge on any atom is -0.352 e. The van der Waals surface area contributed by atoms with Crippen molar-refractivity contribution in [3.05, 3.63) is 23.8 Å². The lowest BCUT2D eigenvalue weighted by atomic mass is 10.0. The lowest BCUT2D eigenvalue weighted by Crippen LogP contribution is -2.33. The molecule has 0 spiro atoms. The van der Waals surface area contributed by atoms with Gasteiger partial charge in [0.1, 0.15) is 5.52 Å². The van der Waals surface area contributed by atoms with E-state index >= 15 is 0 Å². The molecule has 22 heavy (non-hydrogen) atoms. The molecule has 5 heteroatoms. The monoisotopic (exact) mass is 299 g/mol. The first kappa shape index (κ1) is 15.2. The smallest absolute Gasteiger partial charge is 0.243 e. The molecule has 1 saturated heterocycles. The minimum atomic E-state index is 0.495. The molecule has 2 aromatic rings. The van der Waals surface area contributed by atoms with Crippen LogP contribution in [0.4, 0.5) is 5.95 Å². The van der Waals surface area contributed by atoms with Crippen LogP contribution < -0.4 is 5.32 Å². The molecule has 0 amide bonds. The van der Waals surface area contributed by atoms with Gasteiger partial charge in [-0.1, -0.05) is 26.3 Å². The van der Waals surface area contributed by atoms with Gasteiger partial charge in [0, 0.05) is 13.1 Å². The van der Waals surface area contributed by atoms with Crippen molar-refractivity contribution in [3.63, 3.8) is 0 Å². The van der Waals surface area contributed by atoms with E-state index in [1.165, 1.54) is 37.9 Å². The quantitative estimate of drug-likeness (QED) is 0.919. The molecule has 118 valence electrons. The predicted octanol–water partition coefficient (Wildman–Crippen LogP) is 3.05. The van der Waals surface area contributed by atoms with Gasteiger partial charge in [0.2, 0.25) is 5.95 Å². The molecule has 1 fully saturated rings. The Balaban J connectivity index is 1.63. The topological polar surface area (TPSA) is 53.9 Å².